The average Bonchev–Trinajstić information content (AvgIpc) is 3.19. The van der Waals surface area contributed by atoms with Crippen molar-refractivity contribution in [1.82, 2.24) is 9.80 Å². The quantitative estimate of drug-likeness (QED) is 0.610. The summed E-state index contributed by atoms with van der Waals surface area (Å²) >= 11 is 0. The van der Waals surface area contributed by atoms with E-state index < -0.39 is 9.84 Å². The largest absolute Gasteiger partial charge is 0.376 e. The van der Waals surface area contributed by atoms with Crippen molar-refractivity contribution in [3.63, 3.8) is 0 Å². The van der Waals surface area contributed by atoms with Gasteiger partial charge in [0.2, 0.25) is 5.91 Å². The average molecular weight is 476 g/mol. The fourth-order valence-corrected chi connectivity index (χ4v) is 7.78. The minimum atomic E-state index is -3.03. The number of rotatable bonds is 8. The van der Waals surface area contributed by atoms with Gasteiger partial charge in [-0.3, -0.25) is 9.69 Å². The molecule has 1 saturated heterocycles. The van der Waals surface area contributed by atoms with Crippen LogP contribution in [0.15, 0.2) is 24.3 Å². The molecule has 0 radical (unpaired) electrons. The second-order valence-electron chi connectivity index (χ2n) is 10.4. The van der Waals surface area contributed by atoms with Crippen molar-refractivity contribution in [2.24, 2.45) is 0 Å². The third kappa shape index (κ3) is 6.50. The van der Waals surface area contributed by atoms with Gasteiger partial charge in [-0.15, -0.1) is 0 Å². The summed E-state index contributed by atoms with van der Waals surface area (Å²) in [7, 11) is -0.819. The smallest absolute Gasteiger partial charge is 0.242 e. The van der Waals surface area contributed by atoms with Crippen molar-refractivity contribution < 1.29 is 13.2 Å². The third-order valence-corrected chi connectivity index (χ3v) is 9.67. The summed E-state index contributed by atoms with van der Waals surface area (Å²) in [5.41, 5.74) is 2.22. The van der Waals surface area contributed by atoms with Crippen LogP contribution in [0, 0.1) is 0 Å². The maximum atomic E-state index is 13.5. The van der Waals surface area contributed by atoms with Crippen LogP contribution >= 0.6 is 0 Å². The van der Waals surface area contributed by atoms with Gasteiger partial charge in [0.25, 0.3) is 0 Å². The number of carbonyl (C=O) groups excluding carboxylic acids is 1. The molecule has 1 amide bonds. The molecule has 2 saturated carbocycles. The molecule has 6 nitrogen and oxygen atoms in total. The van der Waals surface area contributed by atoms with E-state index in [1.807, 2.05) is 11.0 Å². The van der Waals surface area contributed by atoms with Crippen LogP contribution < -0.4 is 5.32 Å². The molecule has 0 unspecified atom stereocenters. The number of nitrogens with one attached hydrogen (secondary N) is 1. The lowest BCUT2D eigenvalue weighted by molar-refractivity contribution is -0.134. The van der Waals surface area contributed by atoms with Crippen LogP contribution in [0.5, 0.6) is 0 Å². The van der Waals surface area contributed by atoms with E-state index in [0.717, 1.165) is 37.9 Å². The van der Waals surface area contributed by atoms with Gasteiger partial charge in [-0.05, 0) is 50.8 Å². The van der Waals surface area contributed by atoms with Crippen molar-refractivity contribution in [3.05, 3.63) is 29.8 Å². The van der Waals surface area contributed by atoms with Crippen molar-refractivity contribution in [3.8, 4) is 0 Å². The second-order valence-corrected chi connectivity index (χ2v) is 12.6. The number of para-hydroxylation sites is 1. The molecule has 3 fully saturated rings. The Bertz CT molecular complexity index is 892. The summed E-state index contributed by atoms with van der Waals surface area (Å²) in [5.74, 6) is 0.370. The molecule has 1 N–H and O–H groups in total. The van der Waals surface area contributed by atoms with E-state index in [1.165, 1.54) is 44.1 Å². The number of hydrogen-bond acceptors (Lipinski definition) is 5. The Morgan fingerprint density at radius 2 is 1.55 bits per heavy atom. The maximum Gasteiger partial charge on any atom is 0.242 e. The van der Waals surface area contributed by atoms with E-state index in [1.54, 1.807) is 0 Å². The Morgan fingerprint density at radius 3 is 2.18 bits per heavy atom. The number of carbonyl (C=O) groups is 1. The van der Waals surface area contributed by atoms with Crippen molar-refractivity contribution >= 4 is 21.4 Å². The number of sulfone groups is 1. The van der Waals surface area contributed by atoms with Gasteiger partial charge in [0.05, 0.1) is 18.1 Å². The maximum absolute atomic E-state index is 13.5. The van der Waals surface area contributed by atoms with E-state index in [9.17, 15) is 13.2 Å². The SMILES string of the molecule is CN(Cc1ccccc1NCC(=O)N(C1CCCCC1)[C@@H]1CCS(=O)(=O)C1)C1CCCCC1. The third-order valence-electron chi connectivity index (χ3n) is 7.92. The zero-order chi connectivity index (χ0) is 23.3. The molecule has 1 heterocycles. The van der Waals surface area contributed by atoms with Gasteiger partial charge in [-0.1, -0.05) is 56.7 Å². The molecule has 33 heavy (non-hydrogen) atoms. The molecule has 2 aliphatic carbocycles. The minimum absolute atomic E-state index is 0.0411. The first-order chi connectivity index (χ1) is 15.9. The fourth-order valence-electron chi connectivity index (χ4n) is 6.07. The normalized spacial score (nSPS) is 24.1. The summed E-state index contributed by atoms with van der Waals surface area (Å²) in [6.07, 6.45) is 12.5. The molecule has 1 aromatic rings. The standard InChI is InChI=1S/C26H41N3O3S/c1-28(22-11-4-2-5-12-22)19-21-10-8-9-15-25(21)27-18-26(30)29(23-13-6-3-7-14-23)24-16-17-33(31,32)20-24/h8-10,15,22-24,27H,2-7,11-14,16-20H2,1H3/t24-/m1/s1. The number of benzene rings is 1. The van der Waals surface area contributed by atoms with Gasteiger partial charge in [0.1, 0.15) is 0 Å². The molecular weight excluding hydrogens is 434 g/mol. The van der Waals surface area contributed by atoms with Crippen LogP contribution in [0.4, 0.5) is 5.69 Å². The highest BCUT2D eigenvalue weighted by Crippen LogP contribution is 2.29. The molecule has 184 valence electrons. The Morgan fingerprint density at radius 1 is 0.909 bits per heavy atom. The lowest BCUT2D eigenvalue weighted by Gasteiger charge is -2.38. The van der Waals surface area contributed by atoms with Crippen LogP contribution in [0.25, 0.3) is 0 Å². The molecule has 7 heteroatoms. The lowest BCUT2D eigenvalue weighted by atomic mass is 9.93. The Labute approximate surface area is 200 Å². The predicted molar refractivity (Wildman–Crippen MR) is 134 cm³/mol. The predicted octanol–water partition coefficient (Wildman–Crippen LogP) is 4.21. The first-order valence-electron chi connectivity index (χ1n) is 13.0. The van der Waals surface area contributed by atoms with Gasteiger partial charge >= 0.3 is 0 Å². The molecule has 4 rings (SSSR count). The van der Waals surface area contributed by atoms with Crippen LogP contribution in [-0.4, -0.2) is 67.3 Å². The van der Waals surface area contributed by atoms with Crippen molar-refractivity contribution in [2.45, 2.75) is 95.3 Å². The van der Waals surface area contributed by atoms with E-state index in [0.29, 0.717) is 12.5 Å². The molecule has 0 spiro atoms. The summed E-state index contributed by atoms with van der Waals surface area (Å²) < 4.78 is 24.3. The fraction of sp³-hybridized carbons (Fsp3) is 0.731. The van der Waals surface area contributed by atoms with E-state index >= 15 is 0 Å². The lowest BCUT2D eigenvalue weighted by Crippen LogP contribution is -2.50. The van der Waals surface area contributed by atoms with Gasteiger partial charge < -0.3 is 10.2 Å². The molecule has 1 aromatic carbocycles. The topological polar surface area (TPSA) is 69.7 Å². The van der Waals surface area contributed by atoms with E-state index in [2.05, 4.69) is 35.5 Å². The number of nitrogens with zero attached hydrogens (tertiary/aromatic N) is 2. The zero-order valence-corrected chi connectivity index (χ0v) is 21.0. The summed E-state index contributed by atoms with van der Waals surface area (Å²) in [5, 5.41) is 3.42. The highest BCUT2D eigenvalue weighted by molar-refractivity contribution is 7.91. The molecule has 0 bridgehead atoms. The van der Waals surface area contributed by atoms with Crippen LogP contribution in [0.2, 0.25) is 0 Å². The minimum Gasteiger partial charge on any atom is -0.376 e. The summed E-state index contributed by atoms with van der Waals surface area (Å²) in [6, 6.07) is 8.93. The van der Waals surface area contributed by atoms with Gasteiger partial charge in [0, 0.05) is 30.4 Å². The Balaban J connectivity index is 1.42. The zero-order valence-electron chi connectivity index (χ0n) is 20.2. The van der Waals surface area contributed by atoms with Crippen LogP contribution in [0.1, 0.15) is 76.2 Å². The number of hydrogen-bond donors (Lipinski definition) is 1. The summed E-state index contributed by atoms with van der Waals surface area (Å²) in [6.45, 7) is 1.09. The highest BCUT2D eigenvalue weighted by Gasteiger charge is 2.38. The number of amides is 1. The molecule has 1 atom stereocenters. The van der Waals surface area contributed by atoms with Gasteiger partial charge in [-0.25, -0.2) is 8.42 Å². The molecule has 0 aromatic heterocycles. The van der Waals surface area contributed by atoms with Crippen molar-refractivity contribution in [2.75, 3.05) is 30.4 Å². The van der Waals surface area contributed by atoms with Gasteiger partial charge in [-0.2, -0.15) is 0 Å². The van der Waals surface area contributed by atoms with E-state index in [-0.39, 0.29) is 36.0 Å². The van der Waals surface area contributed by atoms with Gasteiger partial charge in [0.15, 0.2) is 9.84 Å². The monoisotopic (exact) mass is 475 g/mol. The first-order valence-corrected chi connectivity index (χ1v) is 14.8. The van der Waals surface area contributed by atoms with Crippen molar-refractivity contribution in [1.29, 1.82) is 0 Å². The highest BCUT2D eigenvalue weighted by atomic mass is 32.2. The van der Waals surface area contributed by atoms with Crippen LogP contribution in [0.3, 0.4) is 0 Å². The molecule has 3 aliphatic rings. The van der Waals surface area contributed by atoms with E-state index in [4.69, 9.17) is 0 Å². The Hall–Kier alpha value is -1.60. The van der Waals surface area contributed by atoms with Crippen LogP contribution in [-0.2, 0) is 21.2 Å². The number of anilines is 1. The molecular formula is C26H41N3O3S. The molecule has 1 aliphatic heterocycles. The summed E-state index contributed by atoms with van der Waals surface area (Å²) in [4.78, 5) is 17.9. The Kier molecular flexibility index (Phi) is 8.34. The second kappa shape index (κ2) is 11.2. The first kappa shape index (κ1) is 24.5.